The minimum absolute atomic E-state index is 0.0569. The molecule has 0 aliphatic heterocycles. The van der Waals surface area contributed by atoms with Gasteiger partial charge in [-0.3, -0.25) is 14.6 Å². The van der Waals surface area contributed by atoms with Gasteiger partial charge in [0.1, 0.15) is 5.69 Å². The van der Waals surface area contributed by atoms with Crippen molar-refractivity contribution in [1.82, 2.24) is 20.3 Å². The highest BCUT2D eigenvalue weighted by molar-refractivity contribution is 5.78. The van der Waals surface area contributed by atoms with Crippen LogP contribution in [0.25, 0.3) is 11.5 Å². The molecule has 1 aliphatic carbocycles. The Morgan fingerprint density at radius 1 is 1.32 bits per heavy atom. The summed E-state index contributed by atoms with van der Waals surface area (Å²) in [5, 5.41) is 2.93. The third-order valence-corrected chi connectivity index (χ3v) is 4.82. The fourth-order valence-electron chi connectivity index (χ4n) is 3.38. The first-order valence-corrected chi connectivity index (χ1v) is 8.91. The van der Waals surface area contributed by atoms with Gasteiger partial charge in [-0.15, -0.1) is 0 Å². The fraction of sp³-hybridized carbons (Fsp3) is 0.474. The van der Waals surface area contributed by atoms with Crippen LogP contribution in [0.15, 0.2) is 29.2 Å². The van der Waals surface area contributed by atoms with Crippen LogP contribution in [0.3, 0.4) is 0 Å². The second-order valence-electron chi connectivity index (χ2n) is 6.66. The number of aromatic nitrogens is 3. The lowest BCUT2D eigenvalue weighted by Crippen LogP contribution is -2.30. The molecule has 1 amide bonds. The van der Waals surface area contributed by atoms with Crippen LogP contribution in [-0.4, -0.2) is 27.4 Å². The smallest absolute Gasteiger partial charge is 0.255 e. The Kier molecular flexibility index (Phi) is 5.58. The molecule has 0 spiro atoms. The monoisotopic (exact) mass is 340 g/mol. The molecule has 0 bridgehead atoms. The van der Waals surface area contributed by atoms with Crippen LogP contribution in [0, 0.1) is 12.8 Å². The summed E-state index contributed by atoms with van der Waals surface area (Å²) in [5.41, 5.74) is 1.31. The first kappa shape index (κ1) is 17.3. The normalized spacial score (nSPS) is 14.6. The van der Waals surface area contributed by atoms with E-state index in [9.17, 15) is 9.59 Å². The van der Waals surface area contributed by atoms with Gasteiger partial charge >= 0.3 is 0 Å². The van der Waals surface area contributed by atoms with Gasteiger partial charge in [0, 0.05) is 24.0 Å². The summed E-state index contributed by atoms with van der Waals surface area (Å²) in [5.74, 6) is 1.04. The molecular weight excluding hydrogens is 316 g/mol. The summed E-state index contributed by atoms with van der Waals surface area (Å²) in [7, 11) is 0. The van der Waals surface area contributed by atoms with Crippen molar-refractivity contribution in [2.75, 3.05) is 6.54 Å². The minimum atomic E-state index is -0.279. The maximum Gasteiger partial charge on any atom is 0.255 e. The van der Waals surface area contributed by atoms with E-state index >= 15 is 0 Å². The van der Waals surface area contributed by atoms with Crippen molar-refractivity contribution in [3.63, 3.8) is 0 Å². The van der Waals surface area contributed by atoms with Crippen molar-refractivity contribution in [2.24, 2.45) is 5.92 Å². The molecule has 0 aromatic carbocycles. The molecule has 2 N–H and O–H groups in total. The van der Waals surface area contributed by atoms with E-state index in [1.165, 1.54) is 25.7 Å². The van der Waals surface area contributed by atoms with E-state index in [1.54, 1.807) is 25.3 Å². The van der Waals surface area contributed by atoms with Gasteiger partial charge in [0.05, 0.1) is 6.42 Å². The number of hydrogen-bond acceptors (Lipinski definition) is 4. The van der Waals surface area contributed by atoms with E-state index in [2.05, 4.69) is 20.3 Å². The Hall–Kier alpha value is -2.50. The molecule has 25 heavy (non-hydrogen) atoms. The number of hydrogen-bond donors (Lipinski definition) is 2. The molecule has 2 aromatic rings. The van der Waals surface area contributed by atoms with Crippen molar-refractivity contribution in [3.05, 3.63) is 46.0 Å². The zero-order chi connectivity index (χ0) is 17.6. The number of H-pyrrole nitrogens is 1. The first-order chi connectivity index (χ1) is 12.1. The fourth-order valence-corrected chi connectivity index (χ4v) is 3.38. The highest BCUT2D eigenvalue weighted by atomic mass is 16.2. The molecule has 2 heterocycles. The van der Waals surface area contributed by atoms with Crippen molar-refractivity contribution >= 4 is 5.91 Å². The van der Waals surface area contributed by atoms with Gasteiger partial charge in [0.2, 0.25) is 5.91 Å². The Morgan fingerprint density at radius 2 is 2.12 bits per heavy atom. The Labute approximate surface area is 147 Å². The quantitative estimate of drug-likeness (QED) is 0.845. The second kappa shape index (κ2) is 8.05. The first-order valence-electron chi connectivity index (χ1n) is 8.91. The molecule has 1 aliphatic rings. The van der Waals surface area contributed by atoms with E-state index in [-0.39, 0.29) is 17.9 Å². The van der Waals surface area contributed by atoms with E-state index in [1.807, 2.05) is 6.07 Å². The topological polar surface area (TPSA) is 87.7 Å². The van der Waals surface area contributed by atoms with E-state index < -0.39 is 0 Å². The van der Waals surface area contributed by atoms with Crippen LogP contribution in [0.4, 0.5) is 0 Å². The molecule has 0 atom stereocenters. The van der Waals surface area contributed by atoms with Gasteiger partial charge in [-0.25, -0.2) is 4.98 Å². The number of carbonyl (C=O) groups excluding carboxylic acids is 1. The largest absolute Gasteiger partial charge is 0.356 e. The number of aromatic amines is 1. The SMILES string of the molecule is Cc1nc(-c2ccccn2)[nH]c(=O)c1CC(=O)NCCC1CCCC1. The maximum absolute atomic E-state index is 12.3. The zero-order valence-corrected chi connectivity index (χ0v) is 14.5. The molecule has 2 aromatic heterocycles. The molecule has 6 nitrogen and oxygen atoms in total. The standard InChI is InChI=1S/C19H24N4O2/c1-13-15(12-17(24)21-11-9-14-6-2-3-7-14)19(25)23-18(22-13)16-8-4-5-10-20-16/h4-5,8,10,14H,2-3,6-7,9,11-12H2,1H3,(H,21,24)(H,22,23,25). The average molecular weight is 340 g/mol. The minimum Gasteiger partial charge on any atom is -0.356 e. The van der Waals surface area contributed by atoms with Crippen molar-refractivity contribution in [3.8, 4) is 11.5 Å². The van der Waals surface area contributed by atoms with E-state index in [4.69, 9.17) is 0 Å². The molecule has 0 radical (unpaired) electrons. The van der Waals surface area contributed by atoms with Gasteiger partial charge in [0.15, 0.2) is 5.82 Å². The average Bonchev–Trinajstić information content (AvgIpc) is 3.12. The molecule has 3 rings (SSSR count). The van der Waals surface area contributed by atoms with Crippen LogP contribution in [-0.2, 0) is 11.2 Å². The number of aryl methyl sites for hydroxylation is 1. The van der Waals surface area contributed by atoms with Crippen molar-refractivity contribution in [2.45, 2.75) is 45.4 Å². The second-order valence-corrected chi connectivity index (χ2v) is 6.66. The van der Waals surface area contributed by atoms with Crippen molar-refractivity contribution < 1.29 is 4.79 Å². The Morgan fingerprint density at radius 3 is 2.80 bits per heavy atom. The van der Waals surface area contributed by atoms with Crippen LogP contribution in [0.1, 0.15) is 43.4 Å². The lowest BCUT2D eigenvalue weighted by Gasteiger charge is -2.10. The lowest BCUT2D eigenvalue weighted by molar-refractivity contribution is -0.120. The number of rotatable bonds is 6. The third kappa shape index (κ3) is 4.53. The molecule has 0 saturated heterocycles. The summed E-state index contributed by atoms with van der Waals surface area (Å²) >= 11 is 0. The molecule has 1 saturated carbocycles. The number of carbonyl (C=O) groups is 1. The van der Waals surface area contributed by atoms with Crippen LogP contribution < -0.4 is 10.9 Å². The zero-order valence-electron chi connectivity index (χ0n) is 14.5. The van der Waals surface area contributed by atoms with Gasteiger partial charge in [-0.1, -0.05) is 31.7 Å². The number of nitrogens with zero attached hydrogens (tertiary/aromatic N) is 2. The van der Waals surface area contributed by atoms with E-state index in [0.29, 0.717) is 29.3 Å². The number of pyridine rings is 1. The molecular formula is C19H24N4O2. The summed E-state index contributed by atoms with van der Waals surface area (Å²) in [4.78, 5) is 35.8. The summed E-state index contributed by atoms with van der Waals surface area (Å²) in [6, 6.07) is 5.43. The summed E-state index contributed by atoms with van der Waals surface area (Å²) < 4.78 is 0. The van der Waals surface area contributed by atoms with Crippen LogP contribution >= 0.6 is 0 Å². The summed E-state index contributed by atoms with van der Waals surface area (Å²) in [6.07, 6.45) is 7.89. The van der Waals surface area contributed by atoms with E-state index in [0.717, 1.165) is 12.3 Å². The predicted octanol–water partition coefficient (Wildman–Crippen LogP) is 2.38. The third-order valence-electron chi connectivity index (χ3n) is 4.82. The van der Waals surface area contributed by atoms with Gasteiger partial charge in [-0.05, 0) is 31.4 Å². The highest BCUT2D eigenvalue weighted by Gasteiger charge is 2.16. The number of amides is 1. The van der Waals surface area contributed by atoms with Gasteiger partial charge in [-0.2, -0.15) is 0 Å². The maximum atomic E-state index is 12.3. The van der Waals surface area contributed by atoms with Crippen LogP contribution in [0.5, 0.6) is 0 Å². The van der Waals surface area contributed by atoms with Crippen molar-refractivity contribution in [1.29, 1.82) is 0 Å². The predicted molar refractivity (Wildman–Crippen MR) is 96.1 cm³/mol. The lowest BCUT2D eigenvalue weighted by atomic mass is 10.0. The summed E-state index contributed by atoms with van der Waals surface area (Å²) in [6.45, 7) is 2.43. The molecule has 0 unspecified atom stereocenters. The van der Waals surface area contributed by atoms with Crippen LogP contribution in [0.2, 0.25) is 0 Å². The Bertz CT molecular complexity index is 780. The Balaban J connectivity index is 1.62. The molecule has 1 fully saturated rings. The van der Waals surface area contributed by atoms with Gasteiger partial charge < -0.3 is 10.3 Å². The highest BCUT2D eigenvalue weighted by Crippen LogP contribution is 2.26. The number of nitrogens with one attached hydrogen (secondary N) is 2. The molecule has 6 heteroatoms. The van der Waals surface area contributed by atoms with Gasteiger partial charge in [0.25, 0.3) is 5.56 Å². The molecule has 132 valence electrons.